The van der Waals surface area contributed by atoms with Crippen LogP contribution in [0.5, 0.6) is 11.5 Å². The number of methoxy groups -OCH3 is 1. The number of ether oxygens (including phenoxy) is 2. The van der Waals surface area contributed by atoms with Crippen LogP contribution in [0, 0.1) is 6.92 Å². The highest BCUT2D eigenvalue weighted by molar-refractivity contribution is 9.10. The monoisotopic (exact) mass is 602 g/mol. The van der Waals surface area contributed by atoms with Crippen molar-refractivity contribution in [2.24, 2.45) is 0 Å². The molecule has 0 spiro atoms. The van der Waals surface area contributed by atoms with Crippen molar-refractivity contribution in [1.82, 2.24) is 5.32 Å². The normalized spacial score (nSPS) is 12.2. The van der Waals surface area contributed by atoms with Crippen LogP contribution >= 0.6 is 15.9 Å². The molecule has 3 aromatic carbocycles. The van der Waals surface area contributed by atoms with Crippen LogP contribution in [0.4, 0.5) is 5.69 Å². The van der Waals surface area contributed by atoms with Crippen LogP contribution in [-0.4, -0.2) is 34.6 Å². The Morgan fingerprint density at radius 2 is 1.63 bits per heavy atom. The molecule has 1 amide bonds. The molecule has 38 heavy (non-hydrogen) atoms. The van der Waals surface area contributed by atoms with E-state index in [4.69, 9.17) is 9.47 Å². The van der Waals surface area contributed by atoms with Gasteiger partial charge in [0.1, 0.15) is 18.0 Å². The number of halogens is 1. The van der Waals surface area contributed by atoms with Gasteiger partial charge in [-0.25, -0.2) is 8.42 Å². The Morgan fingerprint density at radius 1 is 1.00 bits per heavy atom. The van der Waals surface area contributed by atoms with Gasteiger partial charge in [-0.2, -0.15) is 0 Å². The molecular weight excluding hydrogens is 568 g/mol. The van der Waals surface area contributed by atoms with Crippen molar-refractivity contribution in [3.05, 3.63) is 81.8 Å². The Balaban J connectivity index is 1.92. The lowest BCUT2D eigenvalue weighted by atomic mass is 9.93. The number of amides is 1. The molecule has 9 heteroatoms. The van der Waals surface area contributed by atoms with Crippen molar-refractivity contribution in [2.45, 2.75) is 51.5 Å². The standard InChI is InChI=1S/C29H35BrN2O5S/c1-7-37-24-12-10-23(11-13-24)32(38(34,35)25-14-8-22(30)9-15-25)18-29(33)31-21(5)27-17-26(19(2)3)28(36-6)16-20(27)4/h8-17,19,21H,7,18H2,1-6H3,(H,31,33)/t21-/m1/s1. The van der Waals surface area contributed by atoms with E-state index in [9.17, 15) is 13.2 Å². The second-order valence-electron chi connectivity index (χ2n) is 9.29. The number of carbonyl (C=O) groups excluding carboxylic acids is 1. The van der Waals surface area contributed by atoms with Crippen molar-refractivity contribution >= 4 is 37.5 Å². The van der Waals surface area contributed by atoms with Gasteiger partial charge in [0.2, 0.25) is 5.91 Å². The van der Waals surface area contributed by atoms with Crippen LogP contribution in [0.15, 0.2) is 70.0 Å². The Bertz CT molecular complexity index is 1360. The molecule has 0 unspecified atom stereocenters. The SMILES string of the molecule is CCOc1ccc(N(CC(=O)N[C@H](C)c2cc(C(C)C)c(OC)cc2C)S(=O)(=O)c2ccc(Br)cc2)cc1. The molecule has 0 aliphatic rings. The summed E-state index contributed by atoms with van der Waals surface area (Å²) in [4.78, 5) is 13.4. The lowest BCUT2D eigenvalue weighted by molar-refractivity contribution is -0.120. The first kappa shape index (κ1) is 29.5. The number of benzene rings is 3. The van der Waals surface area contributed by atoms with Crippen LogP contribution in [0.3, 0.4) is 0 Å². The van der Waals surface area contributed by atoms with Crippen LogP contribution in [0.1, 0.15) is 56.3 Å². The third-order valence-electron chi connectivity index (χ3n) is 6.21. The fraction of sp³-hybridized carbons (Fsp3) is 0.345. The lowest BCUT2D eigenvalue weighted by Gasteiger charge is -2.26. The highest BCUT2D eigenvalue weighted by atomic mass is 79.9. The van der Waals surface area contributed by atoms with E-state index in [2.05, 4.69) is 35.1 Å². The van der Waals surface area contributed by atoms with Gasteiger partial charge in [0.15, 0.2) is 0 Å². The maximum absolute atomic E-state index is 13.7. The van der Waals surface area contributed by atoms with E-state index in [1.807, 2.05) is 32.9 Å². The Morgan fingerprint density at radius 3 is 2.18 bits per heavy atom. The first-order valence-electron chi connectivity index (χ1n) is 12.5. The van der Waals surface area contributed by atoms with Gasteiger partial charge in [0.05, 0.1) is 30.3 Å². The fourth-order valence-corrected chi connectivity index (χ4v) is 5.92. The maximum atomic E-state index is 13.7. The zero-order valence-electron chi connectivity index (χ0n) is 22.6. The molecule has 7 nitrogen and oxygen atoms in total. The van der Waals surface area contributed by atoms with Gasteiger partial charge in [-0.1, -0.05) is 29.8 Å². The van der Waals surface area contributed by atoms with E-state index in [0.29, 0.717) is 18.0 Å². The Kier molecular flexibility index (Phi) is 9.84. The van der Waals surface area contributed by atoms with Crippen molar-refractivity contribution in [2.75, 3.05) is 24.6 Å². The minimum Gasteiger partial charge on any atom is -0.496 e. The Hall–Kier alpha value is -3.04. The highest BCUT2D eigenvalue weighted by Gasteiger charge is 2.28. The predicted octanol–water partition coefficient (Wildman–Crippen LogP) is 6.36. The predicted molar refractivity (Wildman–Crippen MR) is 155 cm³/mol. The number of nitrogens with one attached hydrogen (secondary N) is 1. The van der Waals surface area contributed by atoms with Gasteiger partial charge in [0, 0.05) is 4.47 Å². The van der Waals surface area contributed by atoms with Gasteiger partial charge >= 0.3 is 0 Å². The van der Waals surface area contributed by atoms with Crippen molar-refractivity contribution in [1.29, 1.82) is 0 Å². The number of carbonyl (C=O) groups is 1. The number of hydrogen-bond donors (Lipinski definition) is 1. The average molecular weight is 604 g/mol. The first-order chi connectivity index (χ1) is 18.0. The molecule has 0 heterocycles. The summed E-state index contributed by atoms with van der Waals surface area (Å²) in [6.07, 6.45) is 0. The average Bonchev–Trinajstić information content (AvgIpc) is 2.87. The lowest BCUT2D eigenvalue weighted by Crippen LogP contribution is -2.41. The maximum Gasteiger partial charge on any atom is 0.264 e. The molecule has 0 saturated heterocycles. The summed E-state index contributed by atoms with van der Waals surface area (Å²) >= 11 is 3.34. The van der Waals surface area contributed by atoms with Crippen LogP contribution in [0.2, 0.25) is 0 Å². The Labute approximate surface area is 234 Å². The smallest absolute Gasteiger partial charge is 0.264 e. The molecule has 0 radical (unpaired) electrons. The second kappa shape index (κ2) is 12.7. The third-order valence-corrected chi connectivity index (χ3v) is 8.53. The quantitative estimate of drug-likeness (QED) is 0.276. The zero-order valence-corrected chi connectivity index (χ0v) is 25.0. The largest absolute Gasteiger partial charge is 0.496 e. The number of aryl methyl sites for hydroxylation is 1. The molecule has 0 aromatic heterocycles. The molecule has 0 bridgehead atoms. The van der Waals surface area contributed by atoms with E-state index in [1.165, 1.54) is 12.1 Å². The van der Waals surface area contributed by atoms with E-state index in [1.54, 1.807) is 43.5 Å². The van der Waals surface area contributed by atoms with Gasteiger partial charge in [-0.15, -0.1) is 0 Å². The van der Waals surface area contributed by atoms with E-state index >= 15 is 0 Å². The summed E-state index contributed by atoms with van der Waals surface area (Å²) in [6, 6.07) is 16.7. The number of hydrogen-bond acceptors (Lipinski definition) is 5. The minimum absolute atomic E-state index is 0.0861. The molecule has 3 aromatic rings. The molecule has 3 rings (SSSR count). The minimum atomic E-state index is -4.03. The molecular formula is C29H35BrN2O5S. The summed E-state index contributed by atoms with van der Waals surface area (Å²) in [5.41, 5.74) is 3.33. The summed E-state index contributed by atoms with van der Waals surface area (Å²) in [5, 5.41) is 2.99. The number of rotatable bonds is 11. The number of nitrogens with zero attached hydrogens (tertiary/aromatic N) is 1. The molecule has 1 N–H and O–H groups in total. The summed E-state index contributed by atoms with van der Waals surface area (Å²) in [5.74, 6) is 1.24. The molecule has 0 aliphatic heterocycles. The van der Waals surface area contributed by atoms with Crippen LogP contribution in [0.25, 0.3) is 0 Å². The third kappa shape index (κ3) is 6.88. The topological polar surface area (TPSA) is 84.9 Å². The highest BCUT2D eigenvalue weighted by Crippen LogP contribution is 2.32. The summed E-state index contributed by atoms with van der Waals surface area (Å²) in [7, 11) is -2.39. The van der Waals surface area contributed by atoms with Crippen molar-refractivity contribution in [3.63, 3.8) is 0 Å². The number of anilines is 1. The van der Waals surface area contributed by atoms with Gasteiger partial charge in [0.25, 0.3) is 10.0 Å². The zero-order chi connectivity index (χ0) is 28.0. The van der Waals surface area contributed by atoms with Gasteiger partial charge in [-0.05, 0) is 104 Å². The van der Waals surface area contributed by atoms with Crippen molar-refractivity contribution < 1.29 is 22.7 Å². The van der Waals surface area contributed by atoms with Crippen LogP contribution in [-0.2, 0) is 14.8 Å². The molecule has 0 aliphatic carbocycles. The fourth-order valence-electron chi connectivity index (χ4n) is 4.23. The second-order valence-corrected chi connectivity index (χ2v) is 12.1. The number of sulfonamides is 1. The molecule has 0 fully saturated rings. The van der Waals surface area contributed by atoms with E-state index < -0.39 is 15.9 Å². The van der Waals surface area contributed by atoms with Crippen molar-refractivity contribution in [3.8, 4) is 11.5 Å². The van der Waals surface area contributed by atoms with Gasteiger partial charge < -0.3 is 14.8 Å². The van der Waals surface area contributed by atoms with E-state index in [0.717, 1.165) is 31.2 Å². The molecule has 204 valence electrons. The summed E-state index contributed by atoms with van der Waals surface area (Å²) < 4.78 is 40.3. The molecule has 0 saturated carbocycles. The first-order valence-corrected chi connectivity index (χ1v) is 14.7. The van der Waals surface area contributed by atoms with Crippen LogP contribution < -0.4 is 19.1 Å². The van der Waals surface area contributed by atoms with E-state index in [-0.39, 0.29) is 23.4 Å². The molecule has 1 atom stereocenters. The summed E-state index contributed by atoms with van der Waals surface area (Å²) in [6.45, 7) is 10.0. The van der Waals surface area contributed by atoms with Gasteiger partial charge in [-0.3, -0.25) is 9.10 Å².